The average molecular weight is 814 g/mol. The molecule has 12 nitrogen and oxygen atoms in total. The monoisotopic (exact) mass is 813 g/mol. The molecule has 306 valence electrons. The third kappa shape index (κ3) is 8.88. The van der Waals surface area contributed by atoms with Crippen molar-refractivity contribution in [1.29, 1.82) is 0 Å². The quantitative estimate of drug-likeness (QED) is 0.207. The number of pyridine rings is 1. The summed E-state index contributed by atoms with van der Waals surface area (Å²) in [7, 11) is -2.43. The molecule has 2 amide bonds. The van der Waals surface area contributed by atoms with Crippen LogP contribution in [0.25, 0.3) is 10.8 Å². The fourth-order valence-electron chi connectivity index (χ4n) is 8.46. The second-order valence-corrected chi connectivity index (χ2v) is 20.3. The number of nitrogens with one attached hydrogen (secondary N) is 1. The first-order chi connectivity index (χ1) is 26.3. The van der Waals surface area contributed by atoms with E-state index in [-0.39, 0.29) is 61.1 Å². The molecule has 0 bridgehead atoms. The van der Waals surface area contributed by atoms with Crippen LogP contribution in [0.1, 0.15) is 106 Å². The summed E-state index contributed by atoms with van der Waals surface area (Å²) in [6.45, 7) is 11.1. The standard InChI is InChI=1S/C42H56ClN3O9S/c1-8-26-17-25(2)11-9-10-12-28-22-42(28,39(50)45-56(51,52)41(6)14-15-41)23-34(47)33-19-29(24-46(33)38(49)31(26)21-36(48)55-40(3,4)5)54-37-30-20-32(43)35(53-7)18-27(30)13-16-44-37/h10,12-13,16,18,20,25-26,28-29,31,33H,8-9,11,14-15,17,19,21-24H2,1-7H3,(H,45,50)/b12-10-/t25-,26-,28-,29-,31+,33+,42-/m1/s1. The van der Waals surface area contributed by atoms with Gasteiger partial charge in [-0.2, -0.15) is 0 Å². The highest BCUT2D eigenvalue weighted by molar-refractivity contribution is 7.91. The molecule has 14 heteroatoms. The number of carbonyl (C=O) groups excluding carboxylic acids is 4. The lowest BCUT2D eigenvalue weighted by Gasteiger charge is -2.33. The summed E-state index contributed by atoms with van der Waals surface area (Å²) < 4.78 is 45.5. The lowest BCUT2D eigenvalue weighted by Crippen LogP contribution is -2.48. The number of Topliss-reactive ketones (excluding diaryl/α,β-unsaturated/α-hetero) is 1. The highest BCUT2D eigenvalue weighted by Gasteiger charge is 2.62. The summed E-state index contributed by atoms with van der Waals surface area (Å²) >= 11 is 6.50. The second kappa shape index (κ2) is 15.9. The van der Waals surface area contributed by atoms with E-state index in [1.54, 1.807) is 52.1 Å². The molecule has 1 saturated heterocycles. The van der Waals surface area contributed by atoms with Gasteiger partial charge in [-0.25, -0.2) is 13.4 Å². The van der Waals surface area contributed by atoms with E-state index in [1.807, 2.05) is 19.1 Å². The van der Waals surface area contributed by atoms with Gasteiger partial charge >= 0.3 is 5.97 Å². The fraction of sp³-hybridized carbons (Fsp3) is 0.643. The lowest BCUT2D eigenvalue weighted by atomic mass is 9.79. The minimum absolute atomic E-state index is 0.0310. The number of halogens is 1. The van der Waals surface area contributed by atoms with Crippen molar-refractivity contribution in [2.24, 2.45) is 29.1 Å². The molecule has 2 aliphatic heterocycles. The predicted molar refractivity (Wildman–Crippen MR) is 213 cm³/mol. The number of ether oxygens (including phenoxy) is 3. The maximum absolute atomic E-state index is 15.0. The molecule has 3 heterocycles. The molecule has 0 radical (unpaired) electrons. The lowest BCUT2D eigenvalue weighted by molar-refractivity contribution is -0.160. The van der Waals surface area contributed by atoms with Gasteiger partial charge in [0.05, 0.1) is 47.2 Å². The molecule has 1 N–H and O–H groups in total. The first-order valence-electron chi connectivity index (χ1n) is 19.9. The molecule has 4 aliphatic rings. The van der Waals surface area contributed by atoms with E-state index in [1.165, 1.54) is 12.0 Å². The second-order valence-electron chi connectivity index (χ2n) is 17.7. The zero-order valence-corrected chi connectivity index (χ0v) is 35.1. The highest BCUT2D eigenvalue weighted by Crippen LogP contribution is 2.58. The van der Waals surface area contributed by atoms with Gasteiger partial charge in [-0.15, -0.1) is 0 Å². The van der Waals surface area contributed by atoms with Gasteiger partial charge in [0.25, 0.3) is 0 Å². The maximum Gasteiger partial charge on any atom is 0.307 e. The van der Waals surface area contributed by atoms with Crippen LogP contribution in [0.5, 0.6) is 11.6 Å². The zero-order chi connectivity index (χ0) is 40.8. The van der Waals surface area contributed by atoms with Crippen LogP contribution in [-0.2, 0) is 33.9 Å². The number of esters is 1. The van der Waals surface area contributed by atoms with Gasteiger partial charge in [0, 0.05) is 24.4 Å². The minimum atomic E-state index is -3.96. The third-order valence-electron chi connectivity index (χ3n) is 12.2. The average Bonchev–Trinajstić information content (AvgIpc) is 4.00. The van der Waals surface area contributed by atoms with Crippen molar-refractivity contribution >= 4 is 56.0 Å². The molecule has 1 aromatic heterocycles. The van der Waals surface area contributed by atoms with Gasteiger partial charge in [-0.1, -0.05) is 44.0 Å². The topological polar surface area (TPSA) is 158 Å². The number of aromatic nitrogens is 1. The molecule has 7 atom stereocenters. The van der Waals surface area contributed by atoms with Crippen molar-refractivity contribution in [2.45, 2.75) is 128 Å². The molecular formula is C42H56ClN3O9S. The number of hydrogen-bond acceptors (Lipinski definition) is 10. The number of methoxy groups -OCH3 is 1. The van der Waals surface area contributed by atoms with Crippen molar-refractivity contribution in [3.8, 4) is 11.6 Å². The van der Waals surface area contributed by atoms with E-state index in [4.69, 9.17) is 25.8 Å². The van der Waals surface area contributed by atoms with E-state index >= 15 is 4.79 Å². The fourth-order valence-corrected chi connectivity index (χ4v) is 10.0. The van der Waals surface area contributed by atoms with Crippen LogP contribution in [0, 0.1) is 29.1 Å². The number of sulfonamides is 1. The molecule has 2 aromatic rings. The van der Waals surface area contributed by atoms with Crippen molar-refractivity contribution < 1.29 is 41.8 Å². The maximum atomic E-state index is 15.0. The van der Waals surface area contributed by atoms with Gasteiger partial charge in [-0.3, -0.25) is 23.9 Å². The summed E-state index contributed by atoms with van der Waals surface area (Å²) in [4.78, 5) is 63.2. The predicted octanol–water partition coefficient (Wildman–Crippen LogP) is 6.96. The Hall–Kier alpha value is -3.71. The molecule has 2 saturated carbocycles. The van der Waals surface area contributed by atoms with E-state index in [0.29, 0.717) is 48.3 Å². The Kier molecular flexibility index (Phi) is 11.9. The number of amides is 2. The molecular weight excluding hydrogens is 758 g/mol. The summed E-state index contributed by atoms with van der Waals surface area (Å²) in [5.41, 5.74) is -2.04. The minimum Gasteiger partial charge on any atom is -0.495 e. The van der Waals surface area contributed by atoms with Crippen molar-refractivity contribution in [1.82, 2.24) is 14.6 Å². The Morgan fingerprint density at radius 1 is 1.14 bits per heavy atom. The summed E-state index contributed by atoms with van der Waals surface area (Å²) in [6, 6.07) is 4.28. The third-order valence-corrected chi connectivity index (χ3v) is 14.7. The van der Waals surface area contributed by atoms with Crippen molar-refractivity contribution in [3.63, 3.8) is 0 Å². The summed E-state index contributed by atoms with van der Waals surface area (Å²) in [5, 5.41) is 1.75. The normalized spacial score (nSPS) is 30.0. The van der Waals surface area contributed by atoms with Gasteiger partial charge in [0.15, 0.2) is 5.78 Å². The summed E-state index contributed by atoms with van der Waals surface area (Å²) in [6.07, 6.45) is 8.66. The van der Waals surface area contributed by atoms with Crippen molar-refractivity contribution in [3.05, 3.63) is 41.6 Å². The largest absolute Gasteiger partial charge is 0.495 e. The molecule has 6 rings (SSSR count). The Morgan fingerprint density at radius 3 is 2.54 bits per heavy atom. The molecule has 56 heavy (non-hydrogen) atoms. The van der Waals surface area contributed by atoms with Gasteiger partial charge < -0.3 is 19.1 Å². The first kappa shape index (κ1) is 41.9. The van der Waals surface area contributed by atoms with E-state index in [2.05, 4.69) is 16.6 Å². The molecule has 0 unspecified atom stereocenters. The van der Waals surface area contributed by atoms with Gasteiger partial charge in [-0.05, 0) is 108 Å². The van der Waals surface area contributed by atoms with Crippen LogP contribution in [-0.4, -0.2) is 78.0 Å². The number of benzene rings is 1. The van der Waals surface area contributed by atoms with Gasteiger partial charge in [0.1, 0.15) is 17.5 Å². The molecule has 2 aliphatic carbocycles. The van der Waals surface area contributed by atoms with Crippen LogP contribution < -0.4 is 14.2 Å². The summed E-state index contributed by atoms with van der Waals surface area (Å²) in [5.74, 6) is -2.21. The van der Waals surface area contributed by atoms with Crippen LogP contribution in [0.2, 0.25) is 5.02 Å². The Balaban J connectivity index is 1.37. The number of hydrogen-bond donors (Lipinski definition) is 1. The smallest absolute Gasteiger partial charge is 0.307 e. The van der Waals surface area contributed by atoms with Crippen molar-refractivity contribution in [2.75, 3.05) is 13.7 Å². The number of nitrogens with zero attached hydrogens (tertiary/aromatic N) is 2. The van der Waals surface area contributed by atoms with Crippen LogP contribution in [0.3, 0.4) is 0 Å². The number of allylic oxidation sites excluding steroid dienone is 2. The Labute approximate surface area is 335 Å². The number of ketones is 1. The van der Waals surface area contributed by atoms with Crippen LogP contribution >= 0.6 is 11.6 Å². The Morgan fingerprint density at radius 2 is 1.88 bits per heavy atom. The number of rotatable bonds is 9. The molecule has 1 aromatic carbocycles. The van der Waals surface area contributed by atoms with Crippen LogP contribution in [0.15, 0.2) is 36.5 Å². The Bertz CT molecular complexity index is 2010. The van der Waals surface area contributed by atoms with E-state index in [9.17, 15) is 22.8 Å². The van der Waals surface area contributed by atoms with E-state index < -0.39 is 55.7 Å². The first-order valence-corrected chi connectivity index (χ1v) is 21.7. The van der Waals surface area contributed by atoms with Crippen LogP contribution in [0.4, 0.5) is 0 Å². The SMILES string of the molecule is CC[C@@H]1C[C@H](C)CC/C=C\[C@@H]2C[C@@]2(C(=O)NS(=O)(=O)C2(C)CC2)CC(=O)[C@@H]2C[C@@H](Oc3nccc4cc(OC)c(Cl)cc34)CN2C(=O)[C@H]1CC(=O)OC(C)(C)C. The highest BCUT2D eigenvalue weighted by atomic mass is 35.5. The zero-order valence-electron chi connectivity index (χ0n) is 33.6. The number of carbonyl (C=O) groups is 4. The molecule has 3 fully saturated rings. The molecule has 0 spiro atoms. The van der Waals surface area contributed by atoms with E-state index in [0.717, 1.165) is 18.2 Å². The number of fused-ring (bicyclic) bond motifs is 3. The van der Waals surface area contributed by atoms with Gasteiger partial charge in [0.2, 0.25) is 27.7 Å².